The quantitative estimate of drug-likeness (QED) is 0.310. The highest BCUT2D eigenvalue weighted by Gasteiger charge is 2.18. The van der Waals surface area contributed by atoms with Crippen LogP contribution in [0.1, 0.15) is 27.8 Å². The Labute approximate surface area is 182 Å². The number of phenols is 1. The lowest BCUT2D eigenvalue weighted by Crippen LogP contribution is -2.34. The van der Waals surface area contributed by atoms with Gasteiger partial charge in [0.1, 0.15) is 11.3 Å². The van der Waals surface area contributed by atoms with Gasteiger partial charge in [0.05, 0.1) is 0 Å². The lowest BCUT2D eigenvalue weighted by molar-refractivity contribution is -0.123. The second kappa shape index (κ2) is 10.3. The van der Waals surface area contributed by atoms with E-state index < -0.39 is 11.8 Å². The van der Waals surface area contributed by atoms with Crippen LogP contribution < -0.4 is 10.6 Å². The zero-order valence-electron chi connectivity index (χ0n) is 17.7. The Bertz CT molecular complexity index is 1010. The first-order chi connectivity index (χ1) is 14.9. The third kappa shape index (κ3) is 6.06. The standard InChI is InChI=1S/C26H26N2O3/c1-18-13-22(14-19(2)24(18)29)15-23(25(30)27-16-20-9-5-3-6-10-20)26(31)28-17-21-11-7-4-8-12-21/h3-15,29H,16-17H2,1-2H3,(H,27,30)(H,28,31). The molecule has 31 heavy (non-hydrogen) atoms. The van der Waals surface area contributed by atoms with Gasteiger partial charge in [-0.3, -0.25) is 9.59 Å². The summed E-state index contributed by atoms with van der Waals surface area (Å²) < 4.78 is 0. The number of benzene rings is 3. The Morgan fingerprint density at radius 3 is 1.61 bits per heavy atom. The molecule has 0 spiro atoms. The number of aromatic hydroxyl groups is 1. The van der Waals surface area contributed by atoms with E-state index in [1.807, 2.05) is 60.7 Å². The maximum absolute atomic E-state index is 12.9. The van der Waals surface area contributed by atoms with Gasteiger partial charge in [0, 0.05) is 13.1 Å². The summed E-state index contributed by atoms with van der Waals surface area (Å²) in [6.45, 7) is 4.20. The molecule has 0 aromatic heterocycles. The fraction of sp³-hybridized carbons (Fsp3) is 0.154. The van der Waals surface area contributed by atoms with E-state index in [2.05, 4.69) is 10.6 Å². The van der Waals surface area contributed by atoms with Crippen molar-refractivity contribution in [2.45, 2.75) is 26.9 Å². The Morgan fingerprint density at radius 1 is 0.774 bits per heavy atom. The minimum Gasteiger partial charge on any atom is -0.507 e. The number of aryl methyl sites for hydroxylation is 2. The zero-order valence-corrected chi connectivity index (χ0v) is 17.7. The molecule has 5 heteroatoms. The Balaban J connectivity index is 1.83. The van der Waals surface area contributed by atoms with E-state index in [1.165, 1.54) is 0 Å². The van der Waals surface area contributed by atoms with E-state index >= 15 is 0 Å². The molecule has 0 heterocycles. The molecule has 3 aromatic rings. The van der Waals surface area contributed by atoms with E-state index in [0.717, 1.165) is 11.1 Å². The van der Waals surface area contributed by atoms with Crippen molar-refractivity contribution in [1.29, 1.82) is 0 Å². The summed E-state index contributed by atoms with van der Waals surface area (Å²) in [6, 6.07) is 22.5. The summed E-state index contributed by atoms with van der Waals surface area (Å²) in [6.07, 6.45) is 1.56. The van der Waals surface area contributed by atoms with Gasteiger partial charge >= 0.3 is 0 Å². The molecule has 3 rings (SSSR count). The minimum atomic E-state index is -0.460. The number of rotatable bonds is 7. The van der Waals surface area contributed by atoms with Gasteiger partial charge in [-0.1, -0.05) is 60.7 Å². The second-order valence-corrected chi connectivity index (χ2v) is 7.40. The highest BCUT2D eigenvalue weighted by atomic mass is 16.3. The van der Waals surface area contributed by atoms with Gasteiger partial charge in [-0.05, 0) is 59.9 Å². The van der Waals surface area contributed by atoms with Crippen LogP contribution in [0.4, 0.5) is 0 Å². The van der Waals surface area contributed by atoms with E-state index in [-0.39, 0.29) is 11.3 Å². The molecule has 0 aliphatic carbocycles. The third-order valence-electron chi connectivity index (χ3n) is 4.91. The predicted octanol–water partition coefficient (Wildman–Crippen LogP) is 4.03. The molecular formula is C26H26N2O3. The van der Waals surface area contributed by atoms with Crippen molar-refractivity contribution in [3.05, 3.63) is 106 Å². The predicted molar refractivity (Wildman–Crippen MR) is 122 cm³/mol. The van der Waals surface area contributed by atoms with Crippen molar-refractivity contribution >= 4 is 17.9 Å². The van der Waals surface area contributed by atoms with E-state index in [9.17, 15) is 14.7 Å². The highest BCUT2D eigenvalue weighted by molar-refractivity contribution is 6.21. The van der Waals surface area contributed by atoms with Gasteiger partial charge < -0.3 is 15.7 Å². The number of hydrogen-bond acceptors (Lipinski definition) is 3. The van der Waals surface area contributed by atoms with Crippen molar-refractivity contribution < 1.29 is 14.7 Å². The monoisotopic (exact) mass is 414 g/mol. The molecule has 0 atom stereocenters. The van der Waals surface area contributed by atoms with Gasteiger partial charge in [0.15, 0.2) is 0 Å². The largest absolute Gasteiger partial charge is 0.507 e. The second-order valence-electron chi connectivity index (χ2n) is 7.40. The lowest BCUT2D eigenvalue weighted by Gasteiger charge is -2.12. The number of phenolic OH excluding ortho intramolecular Hbond substituents is 1. The van der Waals surface area contributed by atoms with Crippen LogP contribution in [0.15, 0.2) is 78.4 Å². The van der Waals surface area contributed by atoms with Gasteiger partial charge in [0.25, 0.3) is 11.8 Å². The van der Waals surface area contributed by atoms with Crippen LogP contribution in [0.3, 0.4) is 0 Å². The molecule has 0 saturated heterocycles. The number of nitrogens with one attached hydrogen (secondary N) is 2. The van der Waals surface area contributed by atoms with Gasteiger partial charge in [-0.2, -0.15) is 0 Å². The molecule has 3 aromatic carbocycles. The van der Waals surface area contributed by atoms with Gasteiger partial charge in [-0.25, -0.2) is 0 Å². The number of carbonyl (C=O) groups is 2. The first kappa shape index (κ1) is 21.8. The summed E-state index contributed by atoms with van der Waals surface area (Å²) in [5.74, 6) is -0.712. The van der Waals surface area contributed by atoms with Crippen LogP contribution in [0.25, 0.3) is 6.08 Å². The van der Waals surface area contributed by atoms with E-state index in [0.29, 0.717) is 29.8 Å². The zero-order chi connectivity index (χ0) is 22.2. The fourth-order valence-corrected chi connectivity index (χ4v) is 3.22. The molecule has 158 valence electrons. The van der Waals surface area contributed by atoms with Crippen molar-refractivity contribution in [2.75, 3.05) is 0 Å². The smallest absolute Gasteiger partial charge is 0.257 e. The highest BCUT2D eigenvalue weighted by Crippen LogP contribution is 2.24. The number of carbonyl (C=O) groups excluding carboxylic acids is 2. The molecule has 3 N–H and O–H groups in total. The fourth-order valence-electron chi connectivity index (χ4n) is 3.22. The normalized spacial score (nSPS) is 10.3. The summed E-state index contributed by atoms with van der Waals surface area (Å²) >= 11 is 0. The molecule has 2 amide bonds. The summed E-state index contributed by atoms with van der Waals surface area (Å²) in [7, 11) is 0. The van der Waals surface area contributed by atoms with Crippen molar-refractivity contribution in [2.24, 2.45) is 0 Å². The topological polar surface area (TPSA) is 78.4 Å². The van der Waals surface area contributed by atoms with Crippen molar-refractivity contribution in [1.82, 2.24) is 10.6 Å². The van der Waals surface area contributed by atoms with Crippen LogP contribution in [0, 0.1) is 13.8 Å². The van der Waals surface area contributed by atoms with Crippen molar-refractivity contribution in [3.63, 3.8) is 0 Å². The van der Waals surface area contributed by atoms with E-state index in [1.54, 1.807) is 32.1 Å². The molecule has 0 fully saturated rings. The first-order valence-electron chi connectivity index (χ1n) is 10.1. The third-order valence-corrected chi connectivity index (χ3v) is 4.91. The summed E-state index contributed by atoms with van der Waals surface area (Å²) in [4.78, 5) is 25.8. The van der Waals surface area contributed by atoms with E-state index in [4.69, 9.17) is 0 Å². The van der Waals surface area contributed by atoms with Gasteiger partial charge in [-0.15, -0.1) is 0 Å². The van der Waals surface area contributed by atoms with Crippen LogP contribution in [-0.2, 0) is 22.7 Å². The van der Waals surface area contributed by atoms with Crippen LogP contribution >= 0.6 is 0 Å². The van der Waals surface area contributed by atoms with Crippen LogP contribution in [-0.4, -0.2) is 16.9 Å². The Kier molecular flexibility index (Phi) is 7.22. The SMILES string of the molecule is Cc1cc(C=C(C(=O)NCc2ccccc2)C(=O)NCc2ccccc2)cc(C)c1O. The summed E-state index contributed by atoms with van der Waals surface area (Å²) in [5.41, 5.74) is 3.93. The molecule has 0 bridgehead atoms. The van der Waals surface area contributed by atoms with Gasteiger partial charge in [0.2, 0.25) is 0 Å². The van der Waals surface area contributed by atoms with Crippen LogP contribution in [0.5, 0.6) is 5.75 Å². The maximum Gasteiger partial charge on any atom is 0.257 e. The minimum absolute atomic E-state index is 0.0105. The summed E-state index contributed by atoms with van der Waals surface area (Å²) in [5, 5.41) is 15.7. The molecule has 0 aliphatic heterocycles. The average molecular weight is 415 g/mol. The van der Waals surface area contributed by atoms with Crippen LogP contribution in [0.2, 0.25) is 0 Å². The average Bonchev–Trinajstić information content (AvgIpc) is 2.79. The molecule has 0 saturated carbocycles. The maximum atomic E-state index is 12.9. The lowest BCUT2D eigenvalue weighted by atomic mass is 10.0. The molecule has 0 aliphatic rings. The molecule has 5 nitrogen and oxygen atoms in total. The number of hydrogen-bond donors (Lipinski definition) is 3. The molecule has 0 radical (unpaired) electrons. The number of amides is 2. The Hall–Kier alpha value is -3.86. The van der Waals surface area contributed by atoms with Crippen molar-refractivity contribution in [3.8, 4) is 5.75 Å². The Morgan fingerprint density at radius 2 is 1.19 bits per heavy atom. The molecule has 0 unspecified atom stereocenters. The first-order valence-corrected chi connectivity index (χ1v) is 10.1. The molecular weight excluding hydrogens is 388 g/mol.